The van der Waals surface area contributed by atoms with Crippen molar-refractivity contribution in [3.63, 3.8) is 0 Å². The average Bonchev–Trinajstić information content (AvgIpc) is 3.12. The number of benzene rings is 3. The van der Waals surface area contributed by atoms with E-state index in [1.54, 1.807) is 30.3 Å². The zero-order chi connectivity index (χ0) is 21.8. The molecule has 1 amide bonds. The Bertz CT molecular complexity index is 1310. The average molecular weight is 409 g/mol. The van der Waals surface area contributed by atoms with E-state index >= 15 is 0 Å². The number of halogens is 1. The number of hydrogen-bond acceptors (Lipinski definition) is 2. The summed E-state index contributed by atoms with van der Waals surface area (Å²) in [7, 11) is 0. The highest BCUT2D eigenvalue weighted by molar-refractivity contribution is 6.10. The number of nitrogens with zero attached hydrogens (tertiary/aromatic N) is 2. The molecular weight excluding hydrogens is 389 g/mol. The van der Waals surface area contributed by atoms with E-state index in [4.69, 9.17) is 0 Å². The molecule has 4 aromatic rings. The lowest BCUT2D eigenvalue weighted by atomic mass is 10.1. The highest BCUT2D eigenvalue weighted by atomic mass is 19.1. The van der Waals surface area contributed by atoms with Crippen LogP contribution in [0.2, 0.25) is 0 Å². The van der Waals surface area contributed by atoms with Crippen LogP contribution in [-0.2, 0) is 11.3 Å². The molecule has 5 heteroatoms. The Kier molecular flexibility index (Phi) is 5.63. The number of aryl methyl sites for hydroxylation is 1. The van der Waals surface area contributed by atoms with Crippen molar-refractivity contribution in [1.29, 1.82) is 5.26 Å². The van der Waals surface area contributed by atoms with Crippen LogP contribution in [0.4, 0.5) is 10.1 Å². The van der Waals surface area contributed by atoms with Crippen LogP contribution in [0.3, 0.4) is 0 Å². The molecule has 1 aromatic heterocycles. The lowest BCUT2D eigenvalue weighted by Crippen LogP contribution is -2.13. The minimum absolute atomic E-state index is 0.0188. The third-order valence-electron chi connectivity index (χ3n) is 5.06. The first-order valence-corrected chi connectivity index (χ1v) is 9.85. The second-order valence-electron chi connectivity index (χ2n) is 7.35. The number of amides is 1. The maximum atomic E-state index is 13.2. The molecule has 0 atom stereocenters. The van der Waals surface area contributed by atoms with Gasteiger partial charge in [0, 0.05) is 34.9 Å². The molecule has 4 rings (SSSR count). The number of fused-ring (bicyclic) bond motifs is 1. The largest absolute Gasteiger partial charge is 0.342 e. The van der Waals surface area contributed by atoms with E-state index in [1.807, 2.05) is 60.2 Å². The van der Waals surface area contributed by atoms with Crippen LogP contribution in [-0.4, -0.2) is 10.5 Å². The monoisotopic (exact) mass is 409 g/mol. The van der Waals surface area contributed by atoms with Gasteiger partial charge >= 0.3 is 0 Å². The van der Waals surface area contributed by atoms with Crippen LogP contribution in [0.5, 0.6) is 0 Å². The predicted octanol–water partition coefficient (Wildman–Crippen LogP) is 5.68. The molecule has 1 N–H and O–H groups in total. The van der Waals surface area contributed by atoms with E-state index in [2.05, 4.69) is 5.32 Å². The van der Waals surface area contributed by atoms with Gasteiger partial charge in [0.25, 0.3) is 5.91 Å². The van der Waals surface area contributed by atoms with E-state index in [0.29, 0.717) is 12.2 Å². The number of aromatic nitrogens is 1. The highest BCUT2D eigenvalue weighted by Gasteiger charge is 2.13. The third kappa shape index (κ3) is 4.54. The Labute approximate surface area is 179 Å². The molecule has 31 heavy (non-hydrogen) atoms. The zero-order valence-corrected chi connectivity index (χ0v) is 17.0. The second kappa shape index (κ2) is 8.68. The molecule has 0 saturated carbocycles. The van der Waals surface area contributed by atoms with Gasteiger partial charge in [-0.15, -0.1) is 0 Å². The van der Waals surface area contributed by atoms with Gasteiger partial charge in [0.2, 0.25) is 0 Å². The number of hydrogen-bond donors (Lipinski definition) is 1. The lowest BCUT2D eigenvalue weighted by molar-refractivity contribution is -0.112. The molecule has 152 valence electrons. The number of carbonyl (C=O) groups is 1. The van der Waals surface area contributed by atoms with E-state index in [1.165, 1.54) is 12.1 Å². The number of anilines is 1. The first-order valence-electron chi connectivity index (χ1n) is 9.85. The molecule has 0 bridgehead atoms. The Balaban J connectivity index is 1.66. The summed E-state index contributed by atoms with van der Waals surface area (Å²) >= 11 is 0. The number of nitrogens with one attached hydrogen (secondary N) is 1. The summed E-state index contributed by atoms with van der Waals surface area (Å²) in [5.41, 5.74) is 4.43. The number of para-hydroxylation sites is 1. The lowest BCUT2D eigenvalue weighted by Gasteiger charge is -2.05. The van der Waals surface area contributed by atoms with E-state index in [9.17, 15) is 14.4 Å². The highest BCUT2D eigenvalue weighted by Crippen LogP contribution is 2.25. The van der Waals surface area contributed by atoms with Gasteiger partial charge in [-0.3, -0.25) is 4.79 Å². The molecule has 0 radical (unpaired) electrons. The fraction of sp³-hybridized carbons (Fsp3) is 0.0769. The van der Waals surface area contributed by atoms with E-state index in [0.717, 1.165) is 27.6 Å². The normalized spacial score (nSPS) is 11.3. The summed E-state index contributed by atoms with van der Waals surface area (Å²) in [6.07, 6.45) is 3.51. The van der Waals surface area contributed by atoms with Crippen molar-refractivity contribution in [3.8, 4) is 6.07 Å². The number of rotatable bonds is 5. The second-order valence-corrected chi connectivity index (χ2v) is 7.35. The van der Waals surface area contributed by atoms with Crippen LogP contribution in [0, 0.1) is 24.1 Å². The van der Waals surface area contributed by atoms with Crippen molar-refractivity contribution in [3.05, 3.63) is 107 Å². The van der Waals surface area contributed by atoms with Gasteiger partial charge < -0.3 is 9.88 Å². The topological polar surface area (TPSA) is 57.8 Å². The number of nitriles is 1. The van der Waals surface area contributed by atoms with Gasteiger partial charge in [-0.1, -0.05) is 48.0 Å². The fourth-order valence-electron chi connectivity index (χ4n) is 3.45. The summed E-state index contributed by atoms with van der Waals surface area (Å²) in [5.74, 6) is -0.732. The minimum Gasteiger partial charge on any atom is -0.342 e. The molecule has 0 saturated heterocycles. The van der Waals surface area contributed by atoms with Crippen LogP contribution in [0.15, 0.2) is 84.6 Å². The molecule has 3 aromatic carbocycles. The molecule has 0 unspecified atom stereocenters. The molecule has 1 heterocycles. The molecule has 4 nitrogen and oxygen atoms in total. The third-order valence-corrected chi connectivity index (χ3v) is 5.06. The summed E-state index contributed by atoms with van der Waals surface area (Å²) in [6, 6.07) is 23.6. The van der Waals surface area contributed by atoms with Crippen LogP contribution in [0.1, 0.15) is 16.7 Å². The molecule has 0 aliphatic carbocycles. The van der Waals surface area contributed by atoms with Crippen LogP contribution in [0.25, 0.3) is 17.0 Å². The predicted molar refractivity (Wildman–Crippen MR) is 121 cm³/mol. The molecule has 0 spiro atoms. The zero-order valence-electron chi connectivity index (χ0n) is 17.0. The smallest absolute Gasteiger partial charge is 0.266 e. The summed E-state index contributed by atoms with van der Waals surface area (Å²) in [6.45, 7) is 2.51. The standard InChI is InChI=1S/C26H20FN3O/c1-18-6-12-23(13-7-18)29-26(31)20(15-28)14-21-17-30(25-5-3-2-4-24(21)25)16-19-8-10-22(27)11-9-19/h2-14,17H,16H2,1H3,(H,29,31). The maximum absolute atomic E-state index is 13.2. The summed E-state index contributed by atoms with van der Waals surface area (Å²) in [4.78, 5) is 12.7. The van der Waals surface area contributed by atoms with Crippen molar-refractivity contribution in [2.75, 3.05) is 5.32 Å². The maximum Gasteiger partial charge on any atom is 0.266 e. The molecule has 0 aliphatic rings. The fourth-order valence-corrected chi connectivity index (χ4v) is 3.45. The van der Waals surface area contributed by atoms with Crippen molar-refractivity contribution in [2.45, 2.75) is 13.5 Å². The van der Waals surface area contributed by atoms with Crippen LogP contribution < -0.4 is 5.32 Å². The minimum atomic E-state index is -0.457. The quantitative estimate of drug-likeness (QED) is 0.340. The van der Waals surface area contributed by atoms with Gasteiger partial charge in [0.1, 0.15) is 17.5 Å². The molecular formula is C26H20FN3O. The van der Waals surface area contributed by atoms with Gasteiger partial charge in [-0.05, 0) is 48.9 Å². The molecule has 0 aliphatic heterocycles. The Morgan fingerprint density at radius 1 is 1.06 bits per heavy atom. The van der Waals surface area contributed by atoms with Crippen molar-refractivity contribution < 1.29 is 9.18 Å². The van der Waals surface area contributed by atoms with Crippen molar-refractivity contribution in [2.24, 2.45) is 0 Å². The van der Waals surface area contributed by atoms with Gasteiger partial charge in [0.15, 0.2) is 0 Å². The van der Waals surface area contributed by atoms with Crippen LogP contribution >= 0.6 is 0 Å². The number of carbonyl (C=O) groups excluding carboxylic acids is 1. The van der Waals surface area contributed by atoms with Crippen molar-refractivity contribution in [1.82, 2.24) is 4.57 Å². The SMILES string of the molecule is Cc1ccc(NC(=O)C(C#N)=Cc2cn(Cc3ccc(F)cc3)c3ccccc23)cc1. The van der Waals surface area contributed by atoms with Crippen molar-refractivity contribution >= 4 is 28.6 Å². The van der Waals surface area contributed by atoms with E-state index in [-0.39, 0.29) is 11.4 Å². The van der Waals surface area contributed by atoms with Gasteiger partial charge in [-0.25, -0.2) is 4.39 Å². The Morgan fingerprint density at radius 3 is 2.48 bits per heavy atom. The molecule has 0 fully saturated rings. The first kappa shape index (κ1) is 20.1. The Hall–Kier alpha value is -4.17. The Morgan fingerprint density at radius 2 is 1.77 bits per heavy atom. The van der Waals surface area contributed by atoms with Gasteiger partial charge in [-0.2, -0.15) is 5.26 Å². The summed E-state index contributed by atoms with van der Waals surface area (Å²) in [5, 5.41) is 13.3. The van der Waals surface area contributed by atoms with Gasteiger partial charge in [0.05, 0.1) is 0 Å². The van der Waals surface area contributed by atoms with E-state index < -0.39 is 5.91 Å². The summed E-state index contributed by atoms with van der Waals surface area (Å²) < 4.78 is 15.3. The first-order chi connectivity index (χ1) is 15.0.